The van der Waals surface area contributed by atoms with Crippen LogP contribution in [0.1, 0.15) is 233 Å². The molecule has 0 radical (unpaired) electrons. The first-order chi connectivity index (χ1) is 27.5. The lowest BCUT2D eigenvalue weighted by molar-refractivity contribution is -0.125. The number of carbonyl (C=O) groups is 2. The van der Waals surface area contributed by atoms with Gasteiger partial charge in [0.2, 0.25) is 0 Å². The number of carbonyl (C=O) groups excluding carboxylic acids is 2. The summed E-state index contributed by atoms with van der Waals surface area (Å²) in [6.45, 7) is 10.8. The molecule has 3 atom stereocenters. The van der Waals surface area contributed by atoms with Crippen LogP contribution in [0.5, 0.6) is 0 Å². The van der Waals surface area contributed by atoms with Gasteiger partial charge in [0.05, 0.1) is 16.4 Å². The average molecular weight is 815 g/mol. The van der Waals surface area contributed by atoms with E-state index in [0.717, 1.165) is 41.4 Å². The minimum absolute atomic E-state index is 0.126. The molecule has 6 heteroatoms. The first-order valence-corrected chi connectivity index (χ1v) is 27.0. The Balaban J connectivity index is 1.70. The second-order valence-corrected chi connectivity index (χ2v) is 20.4. The van der Waals surface area contributed by atoms with Crippen LogP contribution in [0.3, 0.4) is 0 Å². The highest BCUT2D eigenvalue weighted by Crippen LogP contribution is 2.43. The van der Waals surface area contributed by atoms with E-state index in [9.17, 15) is 9.59 Å². The maximum absolute atomic E-state index is 14.6. The van der Waals surface area contributed by atoms with Gasteiger partial charge in [0.25, 0.3) is 11.8 Å². The molecule has 56 heavy (non-hydrogen) atoms. The number of unbranched alkanes of at least 4 members (excludes halogenated alkanes) is 24. The Bertz CT molecular complexity index is 1100. The van der Waals surface area contributed by atoms with Crippen molar-refractivity contribution < 1.29 is 9.59 Å². The van der Waals surface area contributed by atoms with Crippen molar-refractivity contribution in [2.45, 2.75) is 238 Å². The third kappa shape index (κ3) is 19.0. The van der Waals surface area contributed by atoms with E-state index in [1.54, 1.807) is 0 Å². The second-order valence-electron chi connectivity index (χ2n) is 18.0. The van der Waals surface area contributed by atoms with Crippen molar-refractivity contribution in [3.63, 3.8) is 0 Å². The molecule has 0 N–H and O–H groups in total. The van der Waals surface area contributed by atoms with Gasteiger partial charge >= 0.3 is 0 Å². The Kier molecular flexibility index (Phi) is 28.2. The molecule has 3 aliphatic heterocycles. The summed E-state index contributed by atoms with van der Waals surface area (Å²) in [5, 5.41) is 0.233. The zero-order chi connectivity index (χ0) is 40.1. The Morgan fingerprint density at radius 3 is 1.30 bits per heavy atom. The number of thioether (sulfide) groups is 2. The summed E-state index contributed by atoms with van der Waals surface area (Å²) in [7, 11) is 0. The molecule has 1 fully saturated rings. The van der Waals surface area contributed by atoms with E-state index in [2.05, 4.69) is 32.6 Å². The van der Waals surface area contributed by atoms with Gasteiger partial charge in [-0.3, -0.25) is 9.59 Å². The fourth-order valence-electron chi connectivity index (χ4n) is 9.39. The van der Waals surface area contributed by atoms with Gasteiger partial charge in [0.15, 0.2) is 0 Å². The minimum atomic E-state index is 0.126. The van der Waals surface area contributed by atoms with Crippen LogP contribution in [-0.2, 0) is 9.59 Å². The van der Waals surface area contributed by atoms with Crippen LogP contribution in [0.25, 0.3) is 0 Å². The summed E-state index contributed by atoms with van der Waals surface area (Å²) in [5.41, 5.74) is 2.59. The Morgan fingerprint density at radius 2 is 0.911 bits per heavy atom. The first-order valence-electron chi connectivity index (χ1n) is 24.8. The maximum atomic E-state index is 14.6. The Morgan fingerprint density at radius 1 is 0.518 bits per heavy atom. The standard InChI is InChI=1S/C50H90N2O2S2/c1-5-9-13-17-21-23-27-30-34-43(33-29-25-19-15-11-7-3)39-51-41-45-47(50(51)54)48(46-42-55-37-38-56-46)52(49(45)53)40-44(35-31-26-20-16-12-8-4)36-32-28-24-22-18-14-10-6-2/h41,43-44,46H,5-40,42H2,1-4H3. The predicted molar refractivity (Wildman–Crippen MR) is 250 cm³/mol. The lowest BCUT2D eigenvalue weighted by Gasteiger charge is -2.32. The summed E-state index contributed by atoms with van der Waals surface area (Å²) in [5.74, 6) is 4.56. The van der Waals surface area contributed by atoms with Crippen molar-refractivity contribution in [1.29, 1.82) is 0 Å². The van der Waals surface area contributed by atoms with E-state index in [1.807, 2.05) is 34.6 Å². The molecule has 0 aromatic rings. The fourth-order valence-corrected chi connectivity index (χ4v) is 12.1. The van der Waals surface area contributed by atoms with Crippen molar-refractivity contribution in [2.24, 2.45) is 11.8 Å². The van der Waals surface area contributed by atoms with Crippen LogP contribution in [0.2, 0.25) is 0 Å². The number of amides is 2. The SMILES string of the molecule is CCCCCCCCCCC(CCCCCCCC)CN1C=C2C(=O)N(CC(CCCCCCCC)CCCCCCCCCC)C(C3CSCCS3)=C2C1=O. The van der Waals surface area contributed by atoms with Crippen molar-refractivity contribution in [3.8, 4) is 0 Å². The Labute approximate surface area is 356 Å². The number of hydrogen-bond donors (Lipinski definition) is 0. The lowest BCUT2D eigenvalue weighted by Crippen LogP contribution is -2.38. The smallest absolute Gasteiger partial charge is 0.260 e. The number of nitrogens with zero attached hydrogens (tertiary/aromatic N) is 2. The summed E-state index contributed by atoms with van der Waals surface area (Å²) in [6, 6.07) is 0. The predicted octanol–water partition coefficient (Wildman–Crippen LogP) is 15.5. The minimum Gasteiger partial charge on any atom is -0.314 e. The lowest BCUT2D eigenvalue weighted by atomic mass is 9.93. The molecular weight excluding hydrogens is 725 g/mol. The summed E-state index contributed by atoms with van der Waals surface area (Å²) < 4.78 is 0. The average Bonchev–Trinajstić information content (AvgIpc) is 3.67. The zero-order valence-corrected chi connectivity index (χ0v) is 39.1. The van der Waals surface area contributed by atoms with Crippen LogP contribution in [0, 0.1) is 11.8 Å². The van der Waals surface area contributed by atoms with Crippen molar-refractivity contribution in [3.05, 3.63) is 23.0 Å². The number of fused-ring (bicyclic) bond motifs is 1. The molecule has 324 valence electrons. The van der Waals surface area contributed by atoms with Gasteiger partial charge in [-0.15, -0.1) is 0 Å². The summed E-state index contributed by atoms with van der Waals surface area (Å²) >= 11 is 4.00. The summed E-state index contributed by atoms with van der Waals surface area (Å²) in [4.78, 5) is 33.3. The highest BCUT2D eigenvalue weighted by Gasteiger charge is 2.47. The van der Waals surface area contributed by atoms with Gasteiger partial charge in [0, 0.05) is 42.2 Å². The van der Waals surface area contributed by atoms with Crippen LogP contribution in [0.15, 0.2) is 23.0 Å². The fraction of sp³-hybridized carbons (Fsp3) is 0.880. The van der Waals surface area contributed by atoms with Crippen molar-refractivity contribution >= 4 is 35.3 Å². The molecule has 0 bridgehead atoms. The van der Waals surface area contributed by atoms with E-state index < -0.39 is 0 Å². The molecule has 0 aromatic carbocycles. The molecule has 3 heterocycles. The van der Waals surface area contributed by atoms with E-state index in [4.69, 9.17) is 0 Å². The molecule has 3 aliphatic rings. The molecule has 0 aliphatic carbocycles. The molecule has 0 aromatic heterocycles. The molecular formula is C50H90N2O2S2. The van der Waals surface area contributed by atoms with Gasteiger partial charge in [-0.25, -0.2) is 0 Å². The maximum Gasteiger partial charge on any atom is 0.260 e. The second kappa shape index (κ2) is 32.0. The van der Waals surface area contributed by atoms with Gasteiger partial charge in [-0.2, -0.15) is 23.5 Å². The van der Waals surface area contributed by atoms with Gasteiger partial charge in [-0.05, 0) is 37.5 Å². The van der Waals surface area contributed by atoms with Crippen molar-refractivity contribution in [1.82, 2.24) is 9.80 Å². The van der Waals surface area contributed by atoms with E-state index in [1.165, 1.54) is 211 Å². The number of hydrogen-bond acceptors (Lipinski definition) is 4. The van der Waals surface area contributed by atoms with Crippen LogP contribution >= 0.6 is 23.5 Å². The zero-order valence-electron chi connectivity index (χ0n) is 37.5. The molecule has 1 saturated heterocycles. The highest BCUT2D eigenvalue weighted by atomic mass is 32.2. The largest absolute Gasteiger partial charge is 0.314 e. The van der Waals surface area contributed by atoms with Gasteiger partial charge in [0.1, 0.15) is 0 Å². The monoisotopic (exact) mass is 815 g/mol. The van der Waals surface area contributed by atoms with Gasteiger partial charge in [-0.1, -0.05) is 207 Å². The quantitative estimate of drug-likeness (QED) is 0.0586. The van der Waals surface area contributed by atoms with Gasteiger partial charge < -0.3 is 9.80 Å². The summed E-state index contributed by atoms with van der Waals surface area (Å²) in [6.07, 6.45) is 44.1. The molecule has 4 nitrogen and oxygen atoms in total. The Hall–Kier alpha value is -0.880. The molecule has 0 spiro atoms. The molecule has 3 rings (SSSR count). The molecule has 3 unspecified atom stereocenters. The van der Waals surface area contributed by atoms with E-state index in [-0.39, 0.29) is 17.1 Å². The molecule has 0 saturated carbocycles. The number of rotatable bonds is 37. The first kappa shape index (κ1) is 49.5. The van der Waals surface area contributed by atoms with E-state index in [0.29, 0.717) is 11.8 Å². The van der Waals surface area contributed by atoms with Crippen LogP contribution in [-0.4, -0.2) is 57.2 Å². The third-order valence-electron chi connectivity index (χ3n) is 12.9. The normalized spacial score (nSPS) is 18.4. The molecule has 2 amide bonds. The topological polar surface area (TPSA) is 40.6 Å². The highest BCUT2D eigenvalue weighted by molar-refractivity contribution is 8.06. The van der Waals surface area contributed by atoms with E-state index >= 15 is 0 Å². The van der Waals surface area contributed by atoms with Crippen LogP contribution < -0.4 is 0 Å². The third-order valence-corrected chi connectivity index (χ3v) is 15.7. The van der Waals surface area contributed by atoms with Crippen molar-refractivity contribution in [2.75, 3.05) is 30.3 Å². The van der Waals surface area contributed by atoms with Crippen LogP contribution in [0.4, 0.5) is 0 Å².